The van der Waals surface area contributed by atoms with E-state index in [0.717, 1.165) is 26.7 Å². The third kappa shape index (κ3) is 2.79. The number of aromatic amines is 1. The zero-order chi connectivity index (χ0) is 15.9. The fraction of sp³-hybridized carbons (Fsp3) is 0.286. The second-order valence-corrected chi connectivity index (χ2v) is 7.23. The van der Waals surface area contributed by atoms with Crippen LogP contribution in [0, 0.1) is 0 Å². The van der Waals surface area contributed by atoms with Crippen LogP contribution in [-0.2, 0) is 17.9 Å². The Bertz CT molecular complexity index is 835. The number of H-pyrrole nitrogens is 1. The molecule has 3 aromatic rings. The highest BCUT2D eigenvalue weighted by molar-refractivity contribution is 9.10. The SMILES string of the molecule is CCN(Cc1nc2c(N)nc3ccc(Br)cc3c2[nH]1)[S+](C)[O-]. The van der Waals surface area contributed by atoms with Crippen LogP contribution in [0.5, 0.6) is 0 Å². The Kier molecular flexibility index (Phi) is 4.26. The number of nitrogen functional groups attached to an aromatic ring is 1. The first-order valence-corrected chi connectivity index (χ1v) is 9.12. The summed E-state index contributed by atoms with van der Waals surface area (Å²) in [5.74, 6) is 1.13. The maximum absolute atomic E-state index is 11.7. The molecule has 2 aromatic heterocycles. The van der Waals surface area contributed by atoms with Crippen LogP contribution in [0.25, 0.3) is 21.9 Å². The number of pyridine rings is 1. The fourth-order valence-corrected chi connectivity index (χ4v) is 3.45. The highest BCUT2D eigenvalue weighted by Crippen LogP contribution is 2.28. The summed E-state index contributed by atoms with van der Waals surface area (Å²) in [6.07, 6.45) is 1.66. The van der Waals surface area contributed by atoms with Crippen molar-refractivity contribution in [1.29, 1.82) is 0 Å². The molecule has 6 nitrogen and oxygen atoms in total. The van der Waals surface area contributed by atoms with E-state index in [1.807, 2.05) is 29.4 Å². The van der Waals surface area contributed by atoms with Crippen LogP contribution in [0.15, 0.2) is 22.7 Å². The van der Waals surface area contributed by atoms with E-state index in [4.69, 9.17) is 5.73 Å². The van der Waals surface area contributed by atoms with Gasteiger partial charge in [0.05, 0.1) is 11.0 Å². The first-order chi connectivity index (χ1) is 10.5. The quantitative estimate of drug-likeness (QED) is 0.677. The van der Waals surface area contributed by atoms with Gasteiger partial charge in [-0.2, -0.15) is 0 Å². The Balaban J connectivity index is 2.14. The normalized spacial score (nSPS) is 13.3. The summed E-state index contributed by atoms with van der Waals surface area (Å²) in [4.78, 5) is 12.2. The van der Waals surface area contributed by atoms with E-state index in [1.165, 1.54) is 0 Å². The molecule has 116 valence electrons. The molecular weight excluding hydrogens is 366 g/mol. The van der Waals surface area contributed by atoms with Crippen LogP contribution < -0.4 is 5.73 Å². The molecule has 0 amide bonds. The van der Waals surface area contributed by atoms with Gasteiger partial charge in [0, 0.05) is 27.8 Å². The summed E-state index contributed by atoms with van der Waals surface area (Å²) >= 11 is 2.43. The van der Waals surface area contributed by atoms with Gasteiger partial charge in [-0.15, -0.1) is 4.31 Å². The number of benzene rings is 1. The van der Waals surface area contributed by atoms with Gasteiger partial charge in [-0.25, -0.2) is 9.97 Å². The molecule has 22 heavy (non-hydrogen) atoms. The molecule has 0 saturated carbocycles. The number of anilines is 1. The Morgan fingerprint density at radius 2 is 2.18 bits per heavy atom. The zero-order valence-electron chi connectivity index (χ0n) is 12.3. The minimum absolute atomic E-state index is 0.396. The van der Waals surface area contributed by atoms with E-state index in [9.17, 15) is 4.55 Å². The molecular formula is C14H16BrN5OS. The smallest absolute Gasteiger partial charge is 0.152 e. The predicted molar refractivity (Wildman–Crippen MR) is 93.7 cm³/mol. The largest absolute Gasteiger partial charge is 0.598 e. The van der Waals surface area contributed by atoms with E-state index in [-0.39, 0.29) is 0 Å². The van der Waals surface area contributed by atoms with E-state index >= 15 is 0 Å². The van der Waals surface area contributed by atoms with E-state index in [2.05, 4.69) is 30.9 Å². The van der Waals surface area contributed by atoms with Crippen LogP contribution in [-0.4, -0.2) is 36.6 Å². The molecule has 3 N–H and O–H groups in total. The Morgan fingerprint density at radius 1 is 1.41 bits per heavy atom. The maximum atomic E-state index is 11.7. The number of halogens is 1. The molecule has 1 aromatic carbocycles. The van der Waals surface area contributed by atoms with Gasteiger partial charge in [-0.05, 0) is 25.1 Å². The molecule has 0 aliphatic carbocycles. The van der Waals surface area contributed by atoms with Crippen molar-refractivity contribution in [3.63, 3.8) is 0 Å². The second kappa shape index (κ2) is 6.04. The highest BCUT2D eigenvalue weighted by atomic mass is 79.9. The summed E-state index contributed by atoms with van der Waals surface area (Å²) in [7, 11) is 0. The van der Waals surface area contributed by atoms with Crippen molar-refractivity contribution >= 4 is 55.0 Å². The van der Waals surface area contributed by atoms with Crippen molar-refractivity contribution in [2.24, 2.45) is 0 Å². The van der Waals surface area contributed by atoms with E-state index < -0.39 is 11.4 Å². The topological polar surface area (TPSA) is 93.9 Å². The molecule has 3 rings (SSSR count). The third-order valence-electron chi connectivity index (χ3n) is 3.51. The number of fused-ring (bicyclic) bond motifs is 3. The Morgan fingerprint density at radius 3 is 2.86 bits per heavy atom. The average Bonchev–Trinajstić information content (AvgIpc) is 2.90. The number of nitrogens with one attached hydrogen (secondary N) is 1. The van der Waals surface area contributed by atoms with Crippen molar-refractivity contribution in [3.05, 3.63) is 28.5 Å². The van der Waals surface area contributed by atoms with Gasteiger partial charge < -0.3 is 15.3 Å². The molecule has 2 heterocycles. The van der Waals surface area contributed by atoms with Crippen LogP contribution in [0.2, 0.25) is 0 Å². The van der Waals surface area contributed by atoms with Crippen molar-refractivity contribution in [3.8, 4) is 0 Å². The van der Waals surface area contributed by atoms with Gasteiger partial charge in [0.1, 0.15) is 24.1 Å². The van der Waals surface area contributed by atoms with Gasteiger partial charge in [0.15, 0.2) is 5.82 Å². The summed E-state index contributed by atoms with van der Waals surface area (Å²) in [5, 5.41) is 0.956. The Labute approximate surface area is 139 Å². The molecule has 1 atom stereocenters. The number of aromatic nitrogens is 3. The lowest BCUT2D eigenvalue weighted by atomic mass is 10.2. The third-order valence-corrected chi connectivity index (χ3v) is 5.11. The number of hydrogen-bond acceptors (Lipinski definition) is 5. The molecule has 0 saturated heterocycles. The average molecular weight is 382 g/mol. The first-order valence-electron chi connectivity index (χ1n) is 6.81. The molecule has 8 heteroatoms. The maximum Gasteiger partial charge on any atom is 0.152 e. The molecule has 1 unspecified atom stereocenters. The molecule has 0 fully saturated rings. The molecule has 0 aliphatic heterocycles. The Hall–Kier alpha value is -1.35. The number of nitrogens with two attached hydrogens (primary N) is 1. The van der Waals surface area contributed by atoms with Crippen LogP contribution >= 0.6 is 15.9 Å². The van der Waals surface area contributed by atoms with Crippen LogP contribution in [0.3, 0.4) is 0 Å². The number of imidazole rings is 1. The standard InChI is InChI=1S/C14H16BrN5OS/c1-3-20(22(2)21)7-11-18-12-9-6-8(15)4-5-10(9)17-14(16)13(12)19-11/h4-6H,3,7H2,1-2H3,(H2,16,17)(H,18,19). The van der Waals surface area contributed by atoms with Gasteiger partial charge in [0.2, 0.25) is 0 Å². The summed E-state index contributed by atoms with van der Waals surface area (Å²) in [5.41, 5.74) is 8.34. The van der Waals surface area contributed by atoms with E-state index in [0.29, 0.717) is 24.4 Å². The van der Waals surface area contributed by atoms with Crippen LogP contribution in [0.4, 0.5) is 5.82 Å². The van der Waals surface area contributed by atoms with Crippen molar-refractivity contribution in [1.82, 2.24) is 19.3 Å². The molecule has 0 spiro atoms. The van der Waals surface area contributed by atoms with Gasteiger partial charge in [0.25, 0.3) is 0 Å². The summed E-state index contributed by atoms with van der Waals surface area (Å²) in [6.45, 7) is 3.12. The highest BCUT2D eigenvalue weighted by Gasteiger charge is 2.17. The second-order valence-electron chi connectivity index (χ2n) is 4.95. The molecule has 0 aliphatic rings. The lowest BCUT2D eigenvalue weighted by molar-refractivity contribution is 0.419. The van der Waals surface area contributed by atoms with Gasteiger partial charge in [-0.1, -0.05) is 15.9 Å². The lowest BCUT2D eigenvalue weighted by Crippen LogP contribution is -2.29. The number of hydrogen-bond donors (Lipinski definition) is 2. The van der Waals surface area contributed by atoms with Gasteiger partial charge in [-0.3, -0.25) is 0 Å². The minimum Gasteiger partial charge on any atom is -0.598 e. The number of nitrogens with zero attached hydrogens (tertiary/aromatic N) is 3. The van der Waals surface area contributed by atoms with E-state index in [1.54, 1.807) is 6.26 Å². The molecule has 0 bridgehead atoms. The van der Waals surface area contributed by atoms with Crippen LogP contribution in [0.1, 0.15) is 12.7 Å². The van der Waals surface area contributed by atoms with Crippen molar-refractivity contribution in [2.75, 3.05) is 18.5 Å². The fourth-order valence-electron chi connectivity index (χ4n) is 2.42. The lowest BCUT2D eigenvalue weighted by Gasteiger charge is -2.18. The molecule has 0 radical (unpaired) electrons. The van der Waals surface area contributed by atoms with Gasteiger partial charge >= 0.3 is 0 Å². The van der Waals surface area contributed by atoms with Crippen molar-refractivity contribution < 1.29 is 4.55 Å². The number of rotatable bonds is 4. The van der Waals surface area contributed by atoms with Crippen molar-refractivity contribution in [2.45, 2.75) is 13.5 Å². The summed E-state index contributed by atoms with van der Waals surface area (Å²) in [6, 6.07) is 5.83. The first kappa shape index (κ1) is 15.5. The monoisotopic (exact) mass is 381 g/mol. The predicted octanol–water partition coefficient (Wildman–Crippen LogP) is 2.57. The summed E-state index contributed by atoms with van der Waals surface area (Å²) < 4.78 is 14.5. The minimum atomic E-state index is -1.04. The zero-order valence-corrected chi connectivity index (χ0v) is 14.7.